The smallest absolute Gasteiger partial charge is 0.326 e. The summed E-state index contributed by atoms with van der Waals surface area (Å²) in [4.78, 5) is 71.7. The maximum absolute atomic E-state index is 13.8. The van der Waals surface area contributed by atoms with Gasteiger partial charge >= 0.3 is 5.97 Å². The Morgan fingerprint density at radius 3 is 2.11 bits per heavy atom. The molecular weight excluding hydrogens is 718 g/mol. The number of amides is 4. The van der Waals surface area contributed by atoms with E-state index in [-0.39, 0.29) is 36.5 Å². The molecule has 1 aliphatic rings. The Balaban J connectivity index is 1.66. The first-order valence-electron chi connectivity index (χ1n) is 19.7. The third-order valence-corrected chi connectivity index (χ3v) is 10.8. The monoisotopic (exact) mass is 781 g/mol. The third kappa shape index (κ3) is 13.0. The molecule has 1 fully saturated rings. The number of carbonyl (C=O) groups excluding carboxylic acids is 4. The number of rotatable bonds is 21. The molecule has 0 radical (unpaired) electrons. The molecule has 56 heavy (non-hydrogen) atoms. The van der Waals surface area contributed by atoms with E-state index in [0.717, 1.165) is 11.1 Å². The Morgan fingerprint density at radius 1 is 0.875 bits per heavy atom. The lowest BCUT2D eigenvalue weighted by molar-refractivity contribution is -0.144. The van der Waals surface area contributed by atoms with Crippen LogP contribution < -0.4 is 27.0 Å². The standard InChI is InChI=1S/C41H63N7O8/c1-8-25(6)36(47-40(54)35(24(4)5)46-39(53)34(23(2)3)44-22-28-16-17-43-32(42)20-28)31(49)21-33(50)48-18-12-15-30(48)37(51)26(7)38(52)45-29(41(55)56)19-27-13-10-9-11-14-27/h9-11,13-14,16-17,20,23-26,29-31,34-37,44,49,51H,8,12,15,18-19,21-22H2,1-7H3,(H2,42,43)(H,45,52)(H,46,53)(H,47,54)(H,55,56)/t25-,26+,29-,30-,31+,34-,35-,36-,37+/m0/s1. The number of carboxylic acid groups (broad SMARTS) is 1. The maximum atomic E-state index is 13.8. The van der Waals surface area contributed by atoms with Crippen LogP contribution in [0.4, 0.5) is 5.82 Å². The SMILES string of the molecule is CC[C@H](C)[C@H](NC(=O)[C@@H](NC(=O)[C@@H](NCc1ccnc(N)c1)C(C)C)C(C)C)[C@H](O)CC(=O)N1CCC[C@H]1[C@H](O)[C@@H](C)C(=O)N[C@@H](Cc1ccccc1)C(=O)O. The van der Waals surface area contributed by atoms with Gasteiger partial charge in [0.25, 0.3) is 0 Å². The first-order chi connectivity index (χ1) is 26.4. The Labute approximate surface area is 330 Å². The van der Waals surface area contributed by atoms with Gasteiger partial charge in [0.15, 0.2) is 0 Å². The highest BCUT2D eigenvalue weighted by molar-refractivity contribution is 5.90. The molecule has 1 aromatic carbocycles. The van der Waals surface area contributed by atoms with Crippen LogP contribution in [0.3, 0.4) is 0 Å². The molecule has 1 aromatic heterocycles. The molecule has 2 aromatic rings. The van der Waals surface area contributed by atoms with E-state index in [1.54, 1.807) is 48.7 Å². The van der Waals surface area contributed by atoms with Crippen LogP contribution in [0.2, 0.25) is 0 Å². The average molecular weight is 782 g/mol. The van der Waals surface area contributed by atoms with Gasteiger partial charge < -0.3 is 47.2 Å². The summed E-state index contributed by atoms with van der Waals surface area (Å²) in [6, 6.07) is 8.06. The van der Waals surface area contributed by atoms with Crippen LogP contribution in [0, 0.1) is 23.7 Å². The summed E-state index contributed by atoms with van der Waals surface area (Å²) in [5, 5.41) is 44.2. The zero-order valence-corrected chi connectivity index (χ0v) is 33.8. The molecule has 0 unspecified atom stereocenters. The summed E-state index contributed by atoms with van der Waals surface area (Å²) in [7, 11) is 0. The van der Waals surface area contributed by atoms with Crippen molar-refractivity contribution in [3.05, 3.63) is 59.8 Å². The number of nitrogens with two attached hydrogens (primary N) is 1. The fraction of sp³-hybridized carbons (Fsp3) is 0.610. The number of hydrogen-bond donors (Lipinski definition) is 8. The van der Waals surface area contributed by atoms with Crippen molar-refractivity contribution >= 4 is 35.4 Å². The first kappa shape index (κ1) is 45.8. The Kier molecular flexibility index (Phi) is 17.7. The predicted octanol–water partition coefficient (Wildman–Crippen LogP) is 2.00. The van der Waals surface area contributed by atoms with E-state index in [0.29, 0.717) is 38.2 Å². The Hall–Kier alpha value is -4.60. The van der Waals surface area contributed by atoms with Crippen molar-refractivity contribution < 1.29 is 39.3 Å². The number of nitrogen functional groups attached to an aromatic ring is 1. The van der Waals surface area contributed by atoms with Crippen molar-refractivity contribution in [2.24, 2.45) is 23.7 Å². The molecule has 2 heterocycles. The number of benzene rings is 1. The number of carboxylic acids is 1. The number of aromatic nitrogens is 1. The van der Waals surface area contributed by atoms with E-state index in [9.17, 15) is 39.3 Å². The minimum absolute atomic E-state index is 0.0633. The molecule has 0 spiro atoms. The van der Waals surface area contributed by atoms with Crippen LogP contribution in [0.1, 0.15) is 85.3 Å². The number of likely N-dealkylation sites (tertiary alicyclic amines) is 1. The fourth-order valence-electron chi connectivity index (χ4n) is 7.09. The van der Waals surface area contributed by atoms with Gasteiger partial charge in [0, 0.05) is 25.7 Å². The maximum Gasteiger partial charge on any atom is 0.326 e. The molecule has 0 bridgehead atoms. The number of aliphatic carboxylic acids is 1. The number of anilines is 1. The molecule has 310 valence electrons. The summed E-state index contributed by atoms with van der Waals surface area (Å²) in [6.45, 7) is 13.3. The van der Waals surface area contributed by atoms with Gasteiger partial charge in [-0.25, -0.2) is 9.78 Å². The van der Waals surface area contributed by atoms with Gasteiger partial charge in [-0.1, -0.05) is 85.2 Å². The quantitative estimate of drug-likeness (QED) is 0.0912. The van der Waals surface area contributed by atoms with Gasteiger partial charge in [-0.2, -0.15) is 0 Å². The van der Waals surface area contributed by atoms with Crippen molar-refractivity contribution in [2.45, 2.75) is 130 Å². The third-order valence-electron chi connectivity index (χ3n) is 10.8. The van der Waals surface area contributed by atoms with E-state index >= 15 is 0 Å². The van der Waals surface area contributed by atoms with Crippen LogP contribution in [0.5, 0.6) is 0 Å². The Bertz CT molecular complexity index is 1610. The predicted molar refractivity (Wildman–Crippen MR) is 213 cm³/mol. The van der Waals surface area contributed by atoms with E-state index in [1.807, 2.05) is 41.5 Å². The second-order valence-electron chi connectivity index (χ2n) is 15.8. The van der Waals surface area contributed by atoms with Gasteiger partial charge in [0.1, 0.15) is 17.9 Å². The average Bonchev–Trinajstić information content (AvgIpc) is 3.65. The molecule has 15 heteroatoms. The topological polar surface area (TPSA) is 236 Å². The number of pyridine rings is 1. The molecule has 4 amide bonds. The molecule has 9 N–H and O–H groups in total. The number of nitrogens with one attached hydrogen (secondary N) is 4. The van der Waals surface area contributed by atoms with Gasteiger partial charge in [-0.05, 0) is 53.9 Å². The van der Waals surface area contributed by atoms with Crippen LogP contribution in [0.15, 0.2) is 48.7 Å². The number of carbonyl (C=O) groups is 5. The Morgan fingerprint density at radius 2 is 1.52 bits per heavy atom. The molecular formula is C41H63N7O8. The molecule has 3 rings (SSSR count). The lowest BCUT2D eigenvalue weighted by atomic mass is 9.90. The molecule has 0 aliphatic carbocycles. The minimum Gasteiger partial charge on any atom is -0.480 e. The van der Waals surface area contributed by atoms with Crippen molar-refractivity contribution in [3.8, 4) is 0 Å². The molecule has 0 saturated carbocycles. The van der Waals surface area contributed by atoms with E-state index in [1.165, 1.54) is 11.8 Å². The highest BCUT2D eigenvalue weighted by atomic mass is 16.4. The molecule has 1 saturated heterocycles. The first-order valence-corrected chi connectivity index (χ1v) is 19.7. The normalized spacial score (nSPS) is 18.6. The zero-order chi connectivity index (χ0) is 41.7. The summed E-state index contributed by atoms with van der Waals surface area (Å²) in [6.07, 6.45) is 0.267. The second kappa shape index (κ2) is 21.6. The number of aliphatic hydroxyl groups is 2. The largest absolute Gasteiger partial charge is 0.480 e. The molecule has 9 atom stereocenters. The van der Waals surface area contributed by atoms with Gasteiger partial charge in [0.05, 0.1) is 42.7 Å². The summed E-state index contributed by atoms with van der Waals surface area (Å²) >= 11 is 0. The van der Waals surface area contributed by atoms with E-state index in [4.69, 9.17) is 5.73 Å². The van der Waals surface area contributed by atoms with Crippen LogP contribution in [0.25, 0.3) is 0 Å². The van der Waals surface area contributed by atoms with Gasteiger partial charge in [0.2, 0.25) is 23.6 Å². The lowest BCUT2D eigenvalue weighted by Gasteiger charge is -2.35. The number of aliphatic hydroxyl groups excluding tert-OH is 2. The van der Waals surface area contributed by atoms with Gasteiger partial charge in [-0.3, -0.25) is 19.2 Å². The van der Waals surface area contributed by atoms with Crippen molar-refractivity contribution in [1.29, 1.82) is 0 Å². The number of hydrogen-bond acceptors (Lipinski definition) is 10. The van der Waals surface area contributed by atoms with Crippen LogP contribution in [-0.4, -0.2) is 104 Å². The van der Waals surface area contributed by atoms with Crippen molar-refractivity contribution in [3.63, 3.8) is 0 Å². The molecule has 1 aliphatic heterocycles. The summed E-state index contributed by atoms with van der Waals surface area (Å²) < 4.78 is 0. The zero-order valence-electron chi connectivity index (χ0n) is 33.8. The highest BCUT2D eigenvalue weighted by Crippen LogP contribution is 2.27. The van der Waals surface area contributed by atoms with Crippen LogP contribution in [-0.2, 0) is 36.9 Å². The van der Waals surface area contributed by atoms with E-state index in [2.05, 4.69) is 26.3 Å². The van der Waals surface area contributed by atoms with Crippen LogP contribution >= 0.6 is 0 Å². The van der Waals surface area contributed by atoms with Crippen molar-refractivity contribution in [2.75, 3.05) is 12.3 Å². The van der Waals surface area contributed by atoms with Gasteiger partial charge in [-0.15, -0.1) is 0 Å². The second-order valence-corrected chi connectivity index (χ2v) is 15.8. The van der Waals surface area contributed by atoms with E-state index < -0.39 is 72.0 Å². The number of nitrogens with zero attached hydrogens (tertiary/aromatic N) is 2. The highest BCUT2D eigenvalue weighted by Gasteiger charge is 2.41. The fourth-order valence-corrected chi connectivity index (χ4v) is 7.09. The molecule has 15 nitrogen and oxygen atoms in total. The summed E-state index contributed by atoms with van der Waals surface area (Å²) in [5.74, 6) is -4.49. The summed E-state index contributed by atoms with van der Waals surface area (Å²) in [5.41, 5.74) is 7.39. The lowest BCUT2D eigenvalue weighted by Crippen LogP contribution is -2.59. The van der Waals surface area contributed by atoms with Crippen molar-refractivity contribution in [1.82, 2.24) is 31.2 Å². The minimum atomic E-state index is -1.30.